The van der Waals surface area contributed by atoms with Crippen LogP contribution in [0, 0.1) is 0 Å². The van der Waals surface area contributed by atoms with E-state index in [1.807, 2.05) is 25.1 Å². The Balaban J connectivity index is 2.08. The first-order valence-electron chi connectivity index (χ1n) is 7.03. The quantitative estimate of drug-likeness (QED) is 0.640. The minimum absolute atomic E-state index is 0.0451. The molecule has 1 aliphatic rings. The Hall–Kier alpha value is -1.82. The number of fused-ring (bicyclic) bond motifs is 1. The highest BCUT2D eigenvalue weighted by molar-refractivity contribution is 8.00. The molecule has 1 atom stereocenters. The van der Waals surface area contributed by atoms with Crippen molar-refractivity contribution < 1.29 is 9.53 Å². The summed E-state index contributed by atoms with van der Waals surface area (Å²) >= 11 is 1.33. The van der Waals surface area contributed by atoms with Crippen molar-refractivity contribution in [3.05, 3.63) is 34.6 Å². The molecule has 5 nitrogen and oxygen atoms in total. The van der Waals surface area contributed by atoms with Gasteiger partial charge in [-0.05, 0) is 18.6 Å². The topological polar surface area (TPSA) is 61.2 Å². The Morgan fingerprint density at radius 3 is 2.90 bits per heavy atom. The van der Waals surface area contributed by atoms with Crippen LogP contribution in [0.25, 0.3) is 10.9 Å². The minimum Gasteiger partial charge on any atom is -0.465 e. The summed E-state index contributed by atoms with van der Waals surface area (Å²) in [5, 5.41) is 0.954. The number of esters is 1. The molecule has 0 bridgehead atoms. The van der Waals surface area contributed by atoms with E-state index in [0.717, 1.165) is 6.42 Å². The fraction of sp³-hybridized carbons (Fsp3) is 0.400. The second-order valence-electron chi connectivity index (χ2n) is 4.93. The van der Waals surface area contributed by atoms with Gasteiger partial charge in [0, 0.05) is 13.0 Å². The molecule has 0 N–H and O–H groups in total. The molecule has 3 rings (SSSR count). The van der Waals surface area contributed by atoms with E-state index < -0.39 is 0 Å². The first-order chi connectivity index (χ1) is 10.2. The lowest BCUT2D eigenvalue weighted by Crippen LogP contribution is -2.24. The molecule has 0 spiro atoms. The Morgan fingerprint density at radius 1 is 1.38 bits per heavy atom. The molecule has 21 heavy (non-hydrogen) atoms. The molecular weight excluding hydrogens is 288 g/mol. The number of para-hydroxylation sites is 1. The number of hydrogen-bond donors (Lipinski definition) is 0. The van der Waals surface area contributed by atoms with E-state index in [9.17, 15) is 9.59 Å². The third-order valence-corrected chi connectivity index (χ3v) is 4.64. The molecule has 2 heterocycles. The van der Waals surface area contributed by atoms with Crippen LogP contribution in [0.15, 0.2) is 34.2 Å². The molecule has 6 heteroatoms. The van der Waals surface area contributed by atoms with E-state index >= 15 is 0 Å². The Bertz CT molecular complexity index is 741. The third-order valence-electron chi connectivity index (χ3n) is 3.41. The molecule has 0 amide bonds. The second kappa shape index (κ2) is 5.89. The monoisotopic (exact) mass is 304 g/mol. The number of cyclic esters (lactones) is 1. The molecule has 0 radical (unpaired) electrons. The van der Waals surface area contributed by atoms with Crippen LogP contribution in [0.2, 0.25) is 0 Å². The molecule has 1 aromatic heterocycles. The van der Waals surface area contributed by atoms with E-state index in [2.05, 4.69) is 4.98 Å². The number of rotatable bonds is 4. The van der Waals surface area contributed by atoms with Gasteiger partial charge in [0.1, 0.15) is 5.25 Å². The average Bonchev–Trinajstić information content (AvgIpc) is 2.88. The van der Waals surface area contributed by atoms with Crippen LogP contribution in [0.5, 0.6) is 0 Å². The number of aromatic nitrogens is 2. The smallest absolute Gasteiger partial charge is 0.319 e. The molecule has 110 valence electrons. The number of carbonyl (C=O) groups excluding carboxylic acids is 1. The number of carbonyl (C=O) groups is 1. The third kappa shape index (κ3) is 2.68. The van der Waals surface area contributed by atoms with Crippen molar-refractivity contribution in [3.8, 4) is 0 Å². The van der Waals surface area contributed by atoms with E-state index in [4.69, 9.17) is 4.74 Å². The molecule has 1 aromatic carbocycles. The van der Waals surface area contributed by atoms with Crippen molar-refractivity contribution >= 4 is 28.6 Å². The Kier molecular flexibility index (Phi) is 3.96. The van der Waals surface area contributed by atoms with Gasteiger partial charge in [-0.25, -0.2) is 4.98 Å². The van der Waals surface area contributed by atoms with Crippen LogP contribution in [0.3, 0.4) is 0 Å². The van der Waals surface area contributed by atoms with Gasteiger partial charge >= 0.3 is 5.97 Å². The second-order valence-corrected chi connectivity index (χ2v) is 6.10. The summed E-state index contributed by atoms with van der Waals surface area (Å²) in [6.07, 6.45) is 1.50. The van der Waals surface area contributed by atoms with Gasteiger partial charge < -0.3 is 4.74 Å². The van der Waals surface area contributed by atoms with Gasteiger partial charge in [0.15, 0.2) is 5.16 Å². The predicted octanol–water partition coefficient (Wildman–Crippen LogP) is 2.21. The molecular formula is C15H16N2O3S. The highest BCUT2D eigenvalue weighted by Gasteiger charge is 2.29. The maximum atomic E-state index is 12.6. The van der Waals surface area contributed by atoms with Gasteiger partial charge in [0.05, 0.1) is 17.5 Å². The highest BCUT2D eigenvalue weighted by Crippen LogP contribution is 2.28. The van der Waals surface area contributed by atoms with E-state index in [1.165, 1.54) is 11.8 Å². The lowest BCUT2D eigenvalue weighted by atomic mass is 10.2. The number of benzene rings is 1. The van der Waals surface area contributed by atoms with Gasteiger partial charge in [0.25, 0.3) is 5.56 Å². The average molecular weight is 304 g/mol. The number of ether oxygens (including phenoxy) is 1. The van der Waals surface area contributed by atoms with E-state index in [0.29, 0.717) is 35.6 Å². The predicted molar refractivity (Wildman–Crippen MR) is 81.5 cm³/mol. The molecule has 0 unspecified atom stereocenters. The van der Waals surface area contributed by atoms with Crippen LogP contribution in [-0.4, -0.2) is 27.4 Å². The van der Waals surface area contributed by atoms with Crippen LogP contribution in [0.4, 0.5) is 0 Å². The molecule has 0 saturated carbocycles. The van der Waals surface area contributed by atoms with Gasteiger partial charge in [-0.3, -0.25) is 14.2 Å². The summed E-state index contributed by atoms with van der Waals surface area (Å²) in [5.41, 5.74) is 0.625. The summed E-state index contributed by atoms with van der Waals surface area (Å²) in [6.45, 7) is 3.06. The van der Waals surface area contributed by atoms with Crippen molar-refractivity contribution in [2.75, 3.05) is 6.61 Å². The first kappa shape index (κ1) is 14.1. The van der Waals surface area contributed by atoms with Crippen LogP contribution in [0.1, 0.15) is 19.8 Å². The van der Waals surface area contributed by atoms with E-state index in [1.54, 1.807) is 10.6 Å². The summed E-state index contributed by atoms with van der Waals surface area (Å²) in [5.74, 6) is -0.217. The molecule has 1 fully saturated rings. The summed E-state index contributed by atoms with van der Waals surface area (Å²) < 4.78 is 6.65. The fourth-order valence-electron chi connectivity index (χ4n) is 2.37. The normalized spacial score (nSPS) is 18.1. The fourth-order valence-corrected chi connectivity index (χ4v) is 3.46. The Labute approximate surface area is 126 Å². The van der Waals surface area contributed by atoms with Gasteiger partial charge in [-0.2, -0.15) is 0 Å². The van der Waals surface area contributed by atoms with Gasteiger partial charge in [0.2, 0.25) is 0 Å². The van der Waals surface area contributed by atoms with Gasteiger partial charge in [-0.1, -0.05) is 30.8 Å². The lowest BCUT2D eigenvalue weighted by Gasteiger charge is -2.13. The molecule has 0 aliphatic carbocycles. The van der Waals surface area contributed by atoms with Crippen molar-refractivity contribution in [1.29, 1.82) is 0 Å². The van der Waals surface area contributed by atoms with Crippen molar-refractivity contribution in [1.82, 2.24) is 9.55 Å². The minimum atomic E-state index is -0.263. The zero-order valence-corrected chi connectivity index (χ0v) is 12.6. The first-order valence-corrected chi connectivity index (χ1v) is 7.91. The summed E-state index contributed by atoms with van der Waals surface area (Å²) in [7, 11) is 0. The molecule has 1 aliphatic heterocycles. The maximum absolute atomic E-state index is 12.6. The lowest BCUT2D eigenvalue weighted by molar-refractivity contribution is -0.137. The van der Waals surface area contributed by atoms with Crippen molar-refractivity contribution in [2.24, 2.45) is 0 Å². The van der Waals surface area contributed by atoms with Crippen molar-refractivity contribution in [2.45, 2.75) is 36.7 Å². The SMILES string of the molecule is CCCn1c(S[C@@H]2CCOC2=O)nc2ccccc2c1=O. The highest BCUT2D eigenvalue weighted by atomic mass is 32.2. The summed E-state index contributed by atoms with van der Waals surface area (Å²) in [6, 6.07) is 7.30. The standard InChI is InChI=1S/C15H16N2O3S/c1-2-8-17-13(18)10-5-3-4-6-11(10)16-15(17)21-12-7-9-20-14(12)19/h3-6,12H,2,7-9H2,1H3/t12-/m1/s1. The van der Waals surface area contributed by atoms with Crippen LogP contribution in [-0.2, 0) is 16.1 Å². The number of nitrogens with zero attached hydrogens (tertiary/aromatic N) is 2. The van der Waals surface area contributed by atoms with Gasteiger partial charge in [-0.15, -0.1) is 0 Å². The van der Waals surface area contributed by atoms with Crippen molar-refractivity contribution in [3.63, 3.8) is 0 Å². The number of hydrogen-bond acceptors (Lipinski definition) is 5. The number of thioether (sulfide) groups is 1. The maximum Gasteiger partial charge on any atom is 0.319 e. The molecule has 1 saturated heterocycles. The largest absolute Gasteiger partial charge is 0.465 e. The Morgan fingerprint density at radius 2 is 2.19 bits per heavy atom. The summed E-state index contributed by atoms with van der Waals surface area (Å²) in [4.78, 5) is 28.8. The van der Waals surface area contributed by atoms with E-state index in [-0.39, 0.29) is 16.8 Å². The van der Waals surface area contributed by atoms with Crippen LogP contribution < -0.4 is 5.56 Å². The zero-order chi connectivity index (χ0) is 14.8. The van der Waals surface area contributed by atoms with Crippen LogP contribution >= 0.6 is 11.8 Å². The zero-order valence-electron chi connectivity index (χ0n) is 11.7. The molecule has 2 aromatic rings.